The van der Waals surface area contributed by atoms with Gasteiger partial charge >= 0.3 is 0 Å². The van der Waals surface area contributed by atoms with Crippen molar-refractivity contribution in [2.45, 2.75) is 13.0 Å². The van der Waals surface area contributed by atoms with Gasteiger partial charge in [0.15, 0.2) is 17.3 Å². The Labute approximate surface area is 212 Å². The maximum atomic E-state index is 12.4. The van der Waals surface area contributed by atoms with Crippen LogP contribution in [0, 0.1) is 11.3 Å². The summed E-state index contributed by atoms with van der Waals surface area (Å²) in [5, 5.41) is 18.5. The Hall–Kier alpha value is -5.11. The van der Waals surface area contributed by atoms with Crippen LogP contribution in [0.25, 0.3) is 0 Å². The van der Waals surface area contributed by atoms with Gasteiger partial charge in [-0.3, -0.25) is 9.59 Å². The second-order valence-electron chi connectivity index (χ2n) is 7.92. The van der Waals surface area contributed by atoms with Gasteiger partial charge in [0.05, 0.1) is 27.5 Å². The van der Waals surface area contributed by atoms with Crippen molar-refractivity contribution in [2.75, 3.05) is 37.3 Å². The Bertz CT molecular complexity index is 1520. The van der Waals surface area contributed by atoms with Gasteiger partial charge in [-0.1, -0.05) is 30.3 Å². The number of nitrogens with one attached hydrogen (secondary N) is 3. The highest BCUT2D eigenvalue weighted by Crippen LogP contribution is 2.40. The van der Waals surface area contributed by atoms with Gasteiger partial charge in [-0.2, -0.15) is 10.2 Å². The molecule has 1 aromatic heterocycles. The van der Waals surface area contributed by atoms with Gasteiger partial charge in [-0.05, 0) is 12.5 Å². The zero-order valence-corrected chi connectivity index (χ0v) is 20.6. The van der Waals surface area contributed by atoms with Gasteiger partial charge in [0, 0.05) is 23.9 Å². The van der Waals surface area contributed by atoms with Crippen LogP contribution in [0.1, 0.15) is 24.1 Å². The Morgan fingerprint density at radius 2 is 1.57 bits per heavy atom. The molecule has 3 N–H and O–H groups in total. The van der Waals surface area contributed by atoms with Gasteiger partial charge in [-0.25, -0.2) is 4.98 Å². The van der Waals surface area contributed by atoms with Crippen LogP contribution in [0.3, 0.4) is 0 Å². The van der Waals surface area contributed by atoms with Crippen LogP contribution in [0.15, 0.2) is 58.3 Å². The van der Waals surface area contributed by atoms with E-state index in [0.29, 0.717) is 22.9 Å². The fraction of sp³-hybridized carbons (Fsp3) is 0.192. The first-order chi connectivity index (χ1) is 17.9. The van der Waals surface area contributed by atoms with Gasteiger partial charge in [0.25, 0.3) is 10.9 Å². The highest BCUT2D eigenvalue weighted by molar-refractivity contribution is 5.80. The van der Waals surface area contributed by atoms with E-state index < -0.39 is 10.9 Å². The molecule has 0 fully saturated rings. The number of nitrogens with zero attached hydrogens (tertiary/aromatic N) is 3. The molecule has 0 aliphatic carbocycles. The van der Waals surface area contributed by atoms with Crippen molar-refractivity contribution in [3.8, 4) is 23.3 Å². The van der Waals surface area contributed by atoms with Crippen LogP contribution >= 0.6 is 0 Å². The number of nitriles is 1. The molecule has 0 radical (unpaired) electrons. The first-order valence-corrected chi connectivity index (χ1v) is 11.2. The van der Waals surface area contributed by atoms with E-state index in [-0.39, 0.29) is 34.7 Å². The lowest BCUT2D eigenvalue weighted by molar-refractivity contribution is 0.324. The molecule has 4 rings (SSSR count). The van der Waals surface area contributed by atoms with Gasteiger partial charge in [0.1, 0.15) is 23.0 Å². The molecule has 1 unspecified atom stereocenters. The predicted molar refractivity (Wildman–Crippen MR) is 139 cm³/mol. The first kappa shape index (κ1) is 25.0. The molecule has 0 bridgehead atoms. The van der Waals surface area contributed by atoms with Crippen molar-refractivity contribution in [2.24, 2.45) is 0 Å². The number of anilines is 5. The summed E-state index contributed by atoms with van der Waals surface area (Å²) in [5.74, 6) is 1.45. The quantitative estimate of drug-likeness (QED) is 0.274. The fourth-order valence-electron chi connectivity index (χ4n) is 3.71. The molecule has 0 aliphatic heterocycles. The molecule has 0 saturated heterocycles. The van der Waals surface area contributed by atoms with Crippen LogP contribution in [0.2, 0.25) is 0 Å². The van der Waals surface area contributed by atoms with Crippen molar-refractivity contribution in [3.05, 3.63) is 80.2 Å². The molecule has 1 atom stereocenters. The lowest BCUT2D eigenvalue weighted by Crippen LogP contribution is -2.37. The molecule has 1 heterocycles. The Kier molecular flexibility index (Phi) is 7.20. The maximum Gasteiger partial charge on any atom is 0.253 e. The number of ether oxygens (including phenoxy) is 3. The Morgan fingerprint density at radius 1 is 0.919 bits per heavy atom. The molecule has 0 aliphatic rings. The standard InChI is InChI=1S/C26H24N6O5/c1-14(15-8-6-5-7-9-15)29-20-21(23(34)22(20)33)31-25-16(12-27)13-28-26(32-25)30-17-10-18(35-2)24(37-4)19(11-17)36-3/h5-11,13-14,29H,1-4H3,(H2,28,30,31,32). The summed E-state index contributed by atoms with van der Waals surface area (Å²) in [6.07, 6.45) is 1.31. The lowest BCUT2D eigenvalue weighted by Gasteiger charge is -2.20. The van der Waals surface area contributed by atoms with Crippen molar-refractivity contribution in [3.63, 3.8) is 0 Å². The van der Waals surface area contributed by atoms with Crippen LogP contribution in [0.4, 0.5) is 28.8 Å². The third-order valence-corrected chi connectivity index (χ3v) is 5.64. The minimum Gasteiger partial charge on any atom is -0.493 e. The van der Waals surface area contributed by atoms with E-state index in [1.54, 1.807) is 12.1 Å². The predicted octanol–water partition coefficient (Wildman–Crippen LogP) is 3.63. The van der Waals surface area contributed by atoms with E-state index in [2.05, 4.69) is 25.9 Å². The Balaban J connectivity index is 1.62. The van der Waals surface area contributed by atoms with E-state index in [4.69, 9.17) is 14.2 Å². The molecule has 11 nitrogen and oxygen atoms in total. The zero-order valence-electron chi connectivity index (χ0n) is 20.6. The molecule has 3 aromatic carbocycles. The van der Waals surface area contributed by atoms with E-state index in [1.807, 2.05) is 43.3 Å². The summed E-state index contributed by atoms with van der Waals surface area (Å²) in [4.78, 5) is 33.2. The normalized spacial score (nSPS) is 11.3. The molecule has 0 spiro atoms. The highest BCUT2D eigenvalue weighted by Gasteiger charge is 2.24. The van der Waals surface area contributed by atoms with Crippen molar-refractivity contribution < 1.29 is 14.2 Å². The molecule has 0 amide bonds. The average Bonchev–Trinajstić information content (AvgIpc) is 2.94. The molecular formula is C26H24N6O5. The SMILES string of the molecule is COc1cc(Nc2ncc(C#N)c(Nc3c(NC(C)c4ccccc4)c(=O)c3=O)n2)cc(OC)c1OC. The van der Waals surface area contributed by atoms with Gasteiger partial charge in [-0.15, -0.1) is 0 Å². The first-order valence-electron chi connectivity index (χ1n) is 11.2. The smallest absolute Gasteiger partial charge is 0.253 e. The van der Waals surface area contributed by atoms with Crippen molar-refractivity contribution >= 4 is 28.8 Å². The van der Waals surface area contributed by atoms with E-state index >= 15 is 0 Å². The number of aromatic nitrogens is 2. The molecule has 188 valence electrons. The molecular weight excluding hydrogens is 476 g/mol. The second kappa shape index (κ2) is 10.7. The molecule has 11 heteroatoms. The number of hydrogen-bond acceptors (Lipinski definition) is 11. The third kappa shape index (κ3) is 4.99. The van der Waals surface area contributed by atoms with Gasteiger partial charge in [0.2, 0.25) is 11.7 Å². The van der Waals surface area contributed by atoms with Crippen LogP contribution in [0.5, 0.6) is 17.2 Å². The Morgan fingerprint density at radius 3 is 2.16 bits per heavy atom. The molecule has 4 aromatic rings. The van der Waals surface area contributed by atoms with Crippen LogP contribution < -0.4 is 41.0 Å². The van der Waals surface area contributed by atoms with Crippen LogP contribution in [-0.4, -0.2) is 31.3 Å². The molecule has 37 heavy (non-hydrogen) atoms. The number of benzene rings is 2. The third-order valence-electron chi connectivity index (χ3n) is 5.64. The minimum atomic E-state index is -0.704. The average molecular weight is 501 g/mol. The highest BCUT2D eigenvalue weighted by atomic mass is 16.5. The van der Waals surface area contributed by atoms with Crippen LogP contribution in [-0.2, 0) is 0 Å². The van der Waals surface area contributed by atoms with E-state index in [0.717, 1.165) is 5.56 Å². The molecule has 0 saturated carbocycles. The minimum absolute atomic E-state index is 0.0294. The summed E-state index contributed by atoms with van der Waals surface area (Å²) in [7, 11) is 4.49. The van der Waals surface area contributed by atoms with E-state index in [9.17, 15) is 14.9 Å². The summed E-state index contributed by atoms with van der Waals surface area (Å²) < 4.78 is 16.1. The topological polar surface area (TPSA) is 147 Å². The second-order valence-corrected chi connectivity index (χ2v) is 7.92. The number of rotatable bonds is 10. The number of hydrogen-bond donors (Lipinski definition) is 3. The van der Waals surface area contributed by atoms with Gasteiger partial charge < -0.3 is 30.2 Å². The maximum absolute atomic E-state index is 12.4. The summed E-state index contributed by atoms with van der Waals surface area (Å²) in [5.41, 5.74) is 0.365. The zero-order chi connectivity index (χ0) is 26.5. The number of methoxy groups -OCH3 is 3. The summed E-state index contributed by atoms with van der Waals surface area (Å²) in [6, 6.07) is 14.6. The van der Waals surface area contributed by atoms with E-state index in [1.165, 1.54) is 27.5 Å². The summed E-state index contributed by atoms with van der Waals surface area (Å²) >= 11 is 0. The summed E-state index contributed by atoms with van der Waals surface area (Å²) in [6.45, 7) is 1.88. The lowest BCUT2D eigenvalue weighted by atomic mass is 10.1. The fourth-order valence-corrected chi connectivity index (χ4v) is 3.71. The largest absolute Gasteiger partial charge is 0.493 e. The monoisotopic (exact) mass is 500 g/mol. The van der Waals surface area contributed by atoms with Crippen molar-refractivity contribution in [1.29, 1.82) is 5.26 Å². The van der Waals surface area contributed by atoms with Crippen molar-refractivity contribution in [1.82, 2.24) is 9.97 Å².